The van der Waals surface area contributed by atoms with E-state index < -0.39 is 16.1 Å². The Bertz CT molecular complexity index is 625. The van der Waals surface area contributed by atoms with Crippen LogP contribution in [0.1, 0.15) is 18.9 Å². The Balaban J connectivity index is 2.18. The van der Waals surface area contributed by atoms with Crippen molar-refractivity contribution in [2.24, 2.45) is 0 Å². The third kappa shape index (κ3) is 3.00. The van der Waals surface area contributed by atoms with Crippen molar-refractivity contribution in [2.45, 2.75) is 30.8 Å². The minimum atomic E-state index is -3.60. The van der Waals surface area contributed by atoms with Gasteiger partial charge in [0.05, 0.1) is 17.4 Å². The molecular weight excluding hydrogens is 280 g/mol. The first-order valence-electron chi connectivity index (χ1n) is 6.38. The third-order valence-electron chi connectivity index (χ3n) is 3.29. The Morgan fingerprint density at radius 1 is 1.45 bits per heavy atom. The Morgan fingerprint density at radius 3 is 2.80 bits per heavy atom. The minimum Gasteiger partial charge on any atom is -0.393 e. The lowest BCUT2D eigenvalue weighted by Gasteiger charge is -2.11. The van der Waals surface area contributed by atoms with Crippen LogP contribution >= 0.6 is 0 Å². The number of hydrogen-bond acceptors (Lipinski definition) is 4. The fraction of sp³-hybridized carbons (Fsp3) is 0.462. The van der Waals surface area contributed by atoms with Gasteiger partial charge >= 0.3 is 0 Å². The summed E-state index contributed by atoms with van der Waals surface area (Å²) in [5, 5.41) is 9.13. The molecule has 1 aliphatic heterocycles. The van der Waals surface area contributed by atoms with Gasteiger partial charge in [0.15, 0.2) is 0 Å². The summed E-state index contributed by atoms with van der Waals surface area (Å²) in [6.07, 6.45) is 0.0258. The van der Waals surface area contributed by atoms with Crippen molar-refractivity contribution in [2.75, 3.05) is 18.5 Å². The molecular formula is C13H18N2O4S. The highest BCUT2D eigenvalue weighted by molar-refractivity contribution is 7.89. The molecule has 1 heterocycles. The number of amides is 1. The smallest absolute Gasteiger partial charge is 0.240 e. The summed E-state index contributed by atoms with van der Waals surface area (Å²) in [5.41, 5.74) is 1.47. The molecule has 0 radical (unpaired) electrons. The van der Waals surface area contributed by atoms with E-state index >= 15 is 0 Å². The van der Waals surface area contributed by atoms with Gasteiger partial charge in [-0.1, -0.05) is 0 Å². The topological polar surface area (TPSA) is 86.7 Å². The zero-order valence-electron chi connectivity index (χ0n) is 11.5. The molecule has 0 spiro atoms. The quantitative estimate of drug-likeness (QED) is 0.816. The van der Waals surface area contributed by atoms with Gasteiger partial charge in [-0.25, -0.2) is 13.1 Å². The Labute approximate surface area is 118 Å². The van der Waals surface area contributed by atoms with Crippen LogP contribution in [0.4, 0.5) is 5.69 Å². The summed E-state index contributed by atoms with van der Waals surface area (Å²) < 4.78 is 26.6. The lowest BCUT2D eigenvalue weighted by molar-refractivity contribution is -0.117. The van der Waals surface area contributed by atoms with Gasteiger partial charge < -0.3 is 10.0 Å². The Morgan fingerprint density at radius 2 is 2.15 bits per heavy atom. The molecule has 110 valence electrons. The van der Waals surface area contributed by atoms with E-state index in [1.807, 2.05) is 0 Å². The van der Waals surface area contributed by atoms with E-state index in [-0.39, 0.29) is 23.8 Å². The summed E-state index contributed by atoms with van der Waals surface area (Å²) in [7, 11) is -1.93. The van der Waals surface area contributed by atoms with Gasteiger partial charge in [0.1, 0.15) is 0 Å². The molecule has 0 aliphatic carbocycles. The first kappa shape index (κ1) is 15.0. The maximum atomic E-state index is 12.1. The molecule has 1 aliphatic rings. The molecule has 0 bridgehead atoms. The summed E-state index contributed by atoms with van der Waals surface area (Å²) >= 11 is 0. The highest BCUT2D eigenvalue weighted by Gasteiger charge is 2.26. The molecule has 1 unspecified atom stereocenters. The van der Waals surface area contributed by atoms with E-state index in [1.54, 1.807) is 20.0 Å². The average molecular weight is 298 g/mol. The fourth-order valence-corrected chi connectivity index (χ4v) is 3.20. The molecule has 7 heteroatoms. The second kappa shape index (κ2) is 5.51. The number of nitrogens with zero attached hydrogens (tertiary/aromatic N) is 1. The predicted molar refractivity (Wildman–Crippen MR) is 75.0 cm³/mol. The van der Waals surface area contributed by atoms with E-state index in [9.17, 15) is 13.2 Å². The van der Waals surface area contributed by atoms with E-state index in [1.165, 1.54) is 17.0 Å². The normalized spacial score (nSPS) is 16.4. The van der Waals surface area contributed by atoms with Crippen LogP contribution in [-0.4, -0.2) is 39.1 Å². The second-order valence-corrected chi connectivity index (χ2v) is 6.72. The van der Waals surface area contributed by atoms with Crippen LogP contribution in [0.5, 0.6) is 0 Å². The van der Waals surface area contributed by atoms with Gasteiger partial charge in [0.2, 0.25) is 15.9 Å². The number of nitrogens with one attached hydrogen (secondary N) is 1. The summed E-state index contributed by atoms with van der Waals surface area (Å²) in [6, 6.07) is 4.66. The Hall–Kier alpha value is -1.44. The Kier molecular flexibility index (Phi) is 4.12. The molecule has 2 rings (SSSR count). The number of rotatable bonds is 5. The monoisotopic (exact) mass is 298 g/mol. The zero-order valence-corrected chi connectivity index (χ0v) is 12.3. The van der Waals surface area contributed by atoms with E-state index in [0.29, 0.717) is 6.42 Å². The summed E-state index contributed by atoms with van der Waals surface area (Å²) in [4.78, 5) is 13.2. The van der Waals surface area contributed by atoms with Crippen LogP contribution in [0, 0.1) is 0 Å². The highest BCUT2D eigenvalue weighted by Crippen LogP contribution is 2.29. The van der Waals surface area contributed by atoms with E-state index in [4.69, 9.17) is 5.11 Å². The average Bonchev–Trinajstić information content (AvgIpc) is 2.64. The van der Waals surface area contributed by atoms with E-state index in [0.717, 1.165) is 11.3 Å². The number of benzene rings is 1. The molecule has 0 saturated carbocycles. The molecule has 2 N–H and O–H groups in total. The van der Waals surface area contributed by atoms with Crippen LogP contribution in [0.3, 0.4) is 0 Å². The molecule has 0 saturated heterocycles. The minimum absolute atomic E-state index is 0.0448. The number of sulfonamides is 1. The van der Waals surface area contributed by atoms with Gasteiger partial charge in [-0.05, 0) is 37.1 Å². The first-order valence-corrected chi connectivity index (χ1v) is 7.87. The lowest BCUT2D eigenvalue weighted by atomic mass is 10.2. The van der Waals surface area contributed by atoms with E-state index in [2.05, 4.69) is 4.72 Å². The standard InChI is InChI=1S/C13H18N2O4S/c1-9(16)5-6-14-20(18,19)11-3-4-12-10(7-11)8-13(17)15(12)2/h3-4,7,9,14,16H,5-6,8H2,1-2H3. The summed E-state index contributed by atoms with van der Waals surface area (Å²) in [6.45, 7) is 1.78. The van der Waals surface area contributed by atoms with Gasteiger partial charge in [-0.3, -0.25) is 4.79 Å². The number of aliphatic hydroxyl groups excluding tert-OH is 1. The van der Waals surface area contributed by atoms with Crippen molar-refractivity contribution >= 4 is 21.6 Å². The van der Waals surface area contributed by atoms with Crippen LogP contribution < -0.4 is 9.62 Å². The van der Waals surface area contributed by atoms with Crippen LogP contribution in [-0.2, 0) is 21.2 Å². The SMILES string of the molecule is CC(O)CCNS(=O)(=O)c1ccc2c(c1)CC(=O)N2C. The van der Waals surface area contributed by atoms with Gasteiger partial charge in [-0.15, -0.1) is 0 Å². The highest BCUT2D eigenvalue weighted by atomic mass is 32.2. The number of aliphatic hydroxyl groups is 1. The molecule has 1 aromatic carbocycles. The zero-order chi connectivity index (χ0) is 14.9. The van der Waals surface area contributed by atoms with Crippen LogP contribution in [0.25, 0.3) is 0 Å². The molecule has 0 aromatic heterocycles. The van der Waals surface area contributed by atoms with Crippen LogP contribution in [0.15, 0.2) is 23.1 Å². The number of carbonyl (C=O) groups is 1. The number of carbonyl (C=O) groups excluding carboxylic acids is 1. The first-order chi connectivity index (χ1) is 9.31. The molecule has 0 fully saturated rings. The third-order valence-corrected chi connectivity index (χ3v) is 4.75. The van der Waals surface area contributed by atoms with Crippen molar-refractivity contribution in [3.63, 3.8) is 0 Å². The number of hydrogen-bond donors (Lipinski definition) is 2. The molecule has 6 nitrogen and oxygen atoms in total. The second-order valence-electron chi connectivity index (χ2n) is 4.96. The maximum absolute atomic E-state index is 12.1. The van der Waals surface area contributed by atoms with Gasteiger partial charge in [0, 0.05) is 19.3 Å². The number of likely N-dealkylation sites (N-methyl/N-ethyl adjacent to an activating group) is 1. The van der Waals surface area contributed by atoms with Crippen molar-refractivity contribution in [1.82, 2.24) is 4.72 Å². The fourth-order valence-electron chi connectivity index (χ4n) is 2.10. The molecule has 1 atom stereocenters. The van der Waals surface area contributed by atoms with Crippen LogP contribution in [0.2, 0.25) is 0 Å². The van der Waals surface area contributed by atoms with Crippen molar-refractivity contribution in [1.29, 1.82) is 0 Å². The van der Waals surface area contributed by atoms with Crippen molar-refractivity contribution < 1.29 is 18.3 Å². The molecule has 1 amide bonds. The largest absolute Gasteiger partial charge is 0.393 e. The number of fused-ring (bicyclic) bond motifs is 1. The van der Waals surface area contributed by atoms with Crippen molar-refractivity contribution in [3.05, 3.63) is 23.8 Å². The van der Waals surface area contributed by atoms with Gasteiger partial charge in [0.25, 0.3) is 0 Å². The lowest BCUT2D eigenvalue weighted by Crippen LogP contribution is -2.26. The maximum Gasteiger partial charge on any atom is 0.240 e. The van der Waals surface area contributed by atoms with Crippen molar-refractivity contribution in [3.8, 4) is 0 Å². The van der Waals surface area contributed by atoms with Gasteiger partial charge in [-0.2, -0.15) is 0 Å². The molecule has 1 aromatic rings. The predicted octanol–water partition coefficient (Wildman–Crippen LogP) is 0.255. The number of anilines is 1. The summed E-state index contributed by atoms with van der Waals surface area (Å²) in [5.74, 6) is -0.0448. The molecule has 20 heavy (non-hydrogen) atoms.